The van der Waals surface area contributed by atoms with Crippen LogP contribution in [0.3, 0.4) is 0 Å². The Morgan fingerprint density at radius 3 is 2.25 bits per heavy atom. The fourth-order valence-corrected chi connectivity index (χ4v) is 2.20. The second-order valence-corrected chi connectivity index (χ2v) is 5.32. The number of ether oxygens (including phenoxy) is 1. The summed E-state index contributed by atoms with van der Waals surface area (Å²) in [5.74, 6) is 1.60. The van der Waals surface area contributed by atoms with E-state index < -0.39 is 0 Å². The van der Waals surface area contributed by atoms with Crippen LogP contribution < -0.4 is 0 Å². The van der Waals surface area contributed by atoms with E-state index in [9.17, 15) is 0 Å². The van der Waals surface area contributed by atoms with Crippen molar-refractivity contribution in [3.63, 3.8) is 0 Å². The minimum atomic E-state index is 0.774. The Morgan fingerprint density at radius 1 is 1.06 bits per heavy atom. The van der Waals surface area contributed by atoms with Crippen LogP contribution in [0, 0.1) is 5.92 Å². The van der Waals surface area contributed by atoms with Crippen LogP contribution in [0.1, 0.15) is 13.8 Å². The predicted molar refractivity (Wildman–Crippen MR) is 72.4 cm³/mol. The Balaban J connectivity index is 2.03. The molecule has 0 unspecified atom stereocenters. The van der Waals surface area contributed by atoms with Crippen LogP contribution in [-0.4, -0.2) is 68.0 Å². The molecule has 1 saturated heterocycles. The molecule has 1 fully saturated rings. The lowest BCUT2D eigenvalue weighted by molar-refractivity contribution is 0.0781. The first kappa shape index (κ1) is 14.3. The number of hydrogen-bond acceptors (Lipinski definition) is 4. The highest BCUT2D eigenvalue weighted by molar-refractivity contribution is 7.80. The number of piperazine rings is 1. The Bertz CT molecular complexity index is 170. The third-order valence-corrected chi connectivity index (χ3v) is 3.06. The van der Waals surface area contributed by atoms with Gasteiger partial charge >= 0.3 is 0 Å². The molecule has 0 saturated carbocycles. The van der Waals surface area contributed by atoms with E-state index in [1.807, 2.05) is 0 Å². The maximum absolute atomic E-state index is 5.45. The highest BCUT2D eigenvalue weighted by Crippen LogP contribution is 2.04. The maximum Gasteiger partial charge on any atom is 0.0593 e. The first-order valence-electron chi connectivity index (χ1n) is 6.35. The van der Waals surface area contributed by atoms with Gasteiger partial charge in [-0.05, 0) is 5.92 Å². The standard InChI is InChI=1S/C12H26N2OS/c1-12(2)11-14-5-3-13(4-6-14)7-8-15-9-10-16/h12,16H,3-11H2,1-2H3. The highest BCUT2D eigenvalue weighted by Gasteiger charge is 2.16. The van der Waals surface area contributed by atoms with Crippen LogP contribution in [-0.2, 0) is 4.74 Å². The predicted octanol–water partition coefficient (Wildman–Crippen LogP) is 1.21. The zero-order valence-corrected chi connectivity index (χ0v) is 11.6. The van der Waals surface area contributed by atoms with Gasteiger partial charge < -0.3 is 9.64 Å². The summed E-state index contributed by atoms with van der Waals surface area (Å²) in [6.45, 7) is 13.3. The molecule has 0 N–H and O–H groups in total. The van der Waals surface area contributed by atoms with Gasteiger partial charge in [-0.25, -0.2) is 0 Å². The van der Waals surface area contributed by atoms with E-state index in [1.54, 1.807) is 0 Å². The minimum absolute atomic E-state index is 0.774. The lowest BCUT2D eigenvalue weighted by Gasteiger charge is -2.35. The normalized spacial score (nSPS) is 19.5. The van der Waals surface area contributed by atoms with Crippen molar-refractivity contribution >= 4 is 12.6 Å². The van der Waals surface area contributed by atoms with Gasteiger partial charge in [0.05, 0.1) is 13.2 Å². The molecule has 0 bridgehead atoms. The highest BCUT2D eigenvalue weighted by atomic mass is 32.1. The number of rotatable bonds is 7. The van der Waals surface area contributed by atoms with Crippen LogP contribution in [0.5, 0.6) is 0 Å². The molecule has 0 radical (unpaired) electrons. The summed E-state index contributed by atoms with van der Waals surface area (Å²) in [4.78, 5) is 5.06. The lowest BCUT2D eigenvalue weighted by Crippen LogP contribution is -2.48. The monoisotopic (exact) mass is 246 g/mol. The molecule has 1 aliphatic rings. The Labute approximate surface area is 106 Å². The molecule has 0 aromatic rings. The first-order valence-corrected chi connectivity index (χ1v) is 6.99. The molecule has 16 heavy (non-hydrogen) atoms. The molecule has 1 heterocycles. The molecule has 4 heteroatoms. The van der Waals surface area contributed by atoms with Crippen LogP contribution in [0.25, 0.3) is 0 Å². The van der Waals surface area contributed by atoms with Gasteiger partial charge in [-0.2, -0.15) is 12.6 Å². The van der Waals surface area contributed by atoms with E-state index in [2.05, 4.69) is 36.3 Å². The molecule has 1 aliphatic heterocycles. The molecule has 3 nitrogen and oxygen atoms in total. The summed E-state index contributed by atoms with van der Waals surface area (Å²) in [7, 11) is 0. The summed E-state index contributed by atoms with van der Waals surface area (Å²) in [5, 5.41) is 0. The fraction of sp³-hybridized carbons (Fsp3) is 1.00. The van der Waals surface area contributed by atoms with E-state index in [1.165, 1.54) is 32.7 Å². The number of hydrogen-bond donors (Lipinski definition) is 1. The molecule has 0 amide bonds. The molecule has 96 valence electrons. The molecule has 0 aromatic heterocycles. The Morgan fingerprint density at radius 2 is 1.69 bits per heavy atom. The van der Waals surface area contributed by atoms with Crippen molar-refractivity contribution in [2.45, 2.75) is 13.8 Å². The molecular weight excluding hydrogens is 220 g/mol. The SMILES string of the molecule is CC(C)CN1CCN(CCOCCS)CC1. The van der Waals surface area contributed by atoms with E-state index >= 15 is 0 Å². The van der Waals surface area contributed by atoms with E-state index in [-0.39, 0.29) is 0 Å². The van der Waals surface area contributed by atoms with E-state index in [0.29, 0.717) is 0 Å². The summed E-state index contributed by atoms with van der Waals surface area (Å²) >= 11 is 4.12. The second-order valence-electron chi connectivity index (χ2n) is 4.87. The minimum Gasteiger partial charge on any atom is -0.379 e. The van der Waals surface area contributed by atoms with E-state index in [4.69, 9.17) is 4.74 Å². The van der Waals surface area contributed by atoms with Crippen molar-refractivity contribution < 1.29 is 4.74 Å². The van der Waals surface area contributed by atoms with E-state index in [0.717, 1.165) is 31.4 Å². The number of nitrogens with zero attached hydrogens (tertiary/aromatic N) is 2. The van der Waals surface area contributed by atoms with Gasteiger partial charge in [-0.1, -0.05) is 13.8 Å². The molecule has 0 atom stereocenters. The molecule has 0 aliphatic carbocycles. The van der Waals surface area contributed by atoms with Crippen molar-refractivity contribution in [1.29, 1.82) is 0 Å². The summed E-state index contributed by atoms with van der Waals surface area (Å²) in [6, 6.07) is 0. The third kappa shape index (κ3) is 6.09. The maximum atomic E-state index is 5.45. The third-order valence-electron chi connectivity index (χ3n) is 2.88. The summed E-state index contributed by atoms with van der Waals surface area (Å²) < 4.78 is 5.45. The van der Waals surface area contributed by atoms with Crippen molar-refractivity contribution in [2.75, 3.05) is 58.2 Å². The van der Waals surface area contributed by atoms with Crippen LogP contribution in [0.2, 0.25) is 0 Å². The van der Waals surface area contributed by atoms with Gasteiger partial charge in [0.1, 0.15) is 0 Å². The average molecular weight is 246 g/mol. The first-order chi connectivity index (χ1) is 7.72. The topological polar surface area (TPSA) is 15.7 Å². The van der Waals surface area contributed by atoms with Crippen molar-refractivity contribution in [3.8, 4) is 0 Å². The smallest absolute Gasteiger partial charge is 0.0593 e. The molecule has 0 spiro atoms. The van der Waals surface area contributed by atoms with Crippen LogP contribution >= 0.6 is 12.6 Å². The van der Waals surface area contributed by atoms with Gasteiger partial charge in [0.2, 0.25) is 0 Å². The zero-order valence-electron chi connectivity index (χ0n) is 10.7. The lowest BCUT2D eigenvalue weighted by atomic mass is 10.2. The fourth-order valence-electron chi connectivity index (χ4n) is 2.07. The summed E-state index contributed by atoms with van der Waals surface area (Å²) in [6.07, 6.45) is 0. The van der Waals surface area contributed by atoms with Crippen LogP contribution in [0.15, 0.2) is 0 Å². The quantitative estimate of drug-likeness (QED) is 0.537. The van der Waals surface area contributed by atoms with Gasteiger partial charge in [0, 0.05) is 45.0 Å². The zero-order chi connectivity index (χ0) is 11.8. The van der Waals surface area contributed by atoms with Gasteiger partial charge in [-0.15, -0.1) is 0 Å². The van der Waals surface area contributed by atoms with Crippen LogP contribution in [0.4, 0.5) is 0 Å². The molecule has 0 aromatic carbocycles. The Kier molecular flexibility index (Phi) is 7.45. The van der Waals surface area contributed by atoms with Gasteiger partial charge in [0.15, 0.2) is 0 Å². The van der Waals surface area contributed by atoms with Gasteiger partial charge in [-0.3, -0.25) is 4.90 Å². The molecule has 1 rings (SSSR count). The average Bonchev–Trinajstić information content (AvgIpc) is 2.26. The van der Waals surface area contributed by atoms with Crippen molar-refractivity contribution in [3.05, 3.63) is 0 Å². The van der Waals surface area contributed by atoms with Gasteiger partial charge in [0.25, 0.3) is 0 Å². The Hall–Kier alpha value is 0.230. The molecular formula is C12H26N2OS. The number of thiol groups is 1. The van der Waals surface area contributed by atoms with Crippen molar-refractivity contribution in [2.24, 2.45) is 5.92 Å². The second kappa shape index (κ2) is 8.34. The van der Waals surface area contributed by atoms with Crippen molar-refractivity contribution in [1.82, 2.24) is 9.80 Å². The summed E-state index contributed by atoms with van der Waals surface area (Å²) in [5.41, 5.74) is 0. The largest absolute Gasteiger partial charge is 0.379 e.